The summed E-state index contributed by atoms with van der Waals surface area (Å²) in [4.78, 5) is 0. The van der Waals surface area contributed by atoms with Crippen LogP contribution in [0.3, 0.4) is 0 Å². The molecule has 0 unspecified atom stereocenters. The second-order valence-electron chi connectivity index (χ2n) is 3.97. The van der Waals surface area contributed by atoms with Crippen LogP contribution < -0.4 is 5.32 Å². The zero-order valence-electron chi connectivity index (χ0n) is 7.07. The summed E-state index contributed by atoms with van der Waals surface area (Å²) in [7, 11) is 0. The summed E-state index contributed by atoms with van der Waals surface area (Å²) in [6.07, 6.45) is 5.87. The van der Waals surface area contributed by atoms with E-state index < -0.39 is 0 Å². The Morgan fingerprint density at radius 2 is 2.00 bits per heavy atom. The minimum atomic E-state index is 0.727. The molecule has 0 saturated carbocycles. The molecule has 2 aliphatic rings. The molecule has 64 valence electrons. The molecule has 1 nitrogen and oxygen atoms in total. The van der Waals surface area contributed by atoms with E-state index in [1.807, 2.05) is 0 Å². The average molecular weight is 171 g/mol. The molecule has 2 saturated heterocycles. The van der Waals surface area contributed by atoms with E-state index in [9.17, 15) is 0 Å². The first-order valence-corrected chi connectivity index (χ1v) is 5.85. The Hall–Kier alpha value is 0.310. The maximum absolute atomic E-state index is 3.41. The number of nitrogens with one attached hydrogen (secondary N) is 1. The Labute approximate surface area is 73.3 Å². The minimum absolute atomic E-state index is 0.727. The summed E-state index contributed by atoms with van der Waals surface area (Å²) in [6, 6.07) is 0. The fourth-order valence-corrected chi connectivity index (χ4v) is 3.33. The van der Waals surface area contributed by atoms with Crippen LogP contribution in [-0.2, 0) is 0 Å². The van der Waals surface area contributed by atoms with Crippen molar-refractivity contribution < 1.29 is 0 Å². The van der Waals surface area contributed by atoms with Crippen LogP contribution >= 0.6 is 11.8 Å². The zero-order chi connectivity index (χ0) is 7.57. The lowest BCUT2D eigenvalue weighted by molar-refractivity contribution is 0.179. The molecule has 2 fully saturated rings. The monoisotopic (exact) mass is 171 g/mol. The fraction of sp³-hybridized carbons (Fsp3) is 1.00. The quantitative estimate of drug-likeness (QED) is 0.597. The maximum atomic E-state index is 3.41. The van der Waals surface area contributed by atoms with Crippen LogP contribution in [0.25, 0.3) is 0 Å². The molecule has 0 aromatic rings. The van der Waals surface area contributed by atoms with Gasteiger partial charge in [-0.15, -0.1) is 0 Å². The minimum Gasteiger partial charge on any atom is -0.315 e. The standard InChI is InChI=1S/C9H17NS/c1-2-4-9(6-10-7-9)8-11-5-3-1/h10H,1-8H2. The van der Waals surface area contributed by atoms with Gasteiger partial charge in [0.25, 0.3) is 0 Å². The lowest BCUT2D eigenvalue weighted by Gasteiger charge is -2.43. The van der Waals surface area contributed by atoms with Gasteiger partial charge in [-0.1, -0.05) is 12.8 Å². The Balaban J connectivity index is 1.86. The summed E-state index contributed by atoms with van der Waals surface area (Å²) in [6.45, 7) is 2.58. The van der Waals surface area contributed by atoms with Crippen LogP contribution in [0.15, 0.2) is 0 Å². The molecule has 2 aliphatic heterocycles. The van der Waals surface area contributed by atoms with Crippen molar-refractivity contribution in [3.8, 4) is 0 Å². The van der Waals surface area contributed by atoms with Gasteiger partial charge < -0.3 is 5.32 Å². The summed E-state index contributed by atoms with van der Waals surface area (Å²) >= 11 is 2.17. The molecule has 2 rings (SSSR count). The molecule has 11 heavy (non-hydrogen) atoms. The largest absolute Gasteiger partial charge is 0.315 e. The van der Waals surface area contributed by atoms with E-state index in [1.54, 1.807) is 0 Å². The number of rotatable bonds is 0. The van der Waals surface area contributed by atoms with Gasteiger partial charge in [0.2, 0.25) is 0 Å². The molecule has 1 N–H and O–H groups in total. The summed E-state index contributed by atoms with van der Waals surface area (Å²) in [5, 5.41) is 3.41. The van der Waals surface area contributed by atoms with Crippen molar-refractivity contribution in [3.05, 3.63) is 0 Å². The Bertz CT molecular complexity index is 122. The van der Waals surface area contributed by atoms with Gasteiger partial charge in [0, 0.05) is 24.3 Å². The number of hydrogen-bond donors (Lipinski definition) is 1. The second kappa shape index (κ2) is 3.36. The molecule has 0 bridgehead atoms. The van der Waals surface area contributed by atoms with Gasteiger partial charge in [0.15, 0.2) is 0 Å². The third kappa shape index (κ3) is 1.73. The third-order valence-electron chi connectivity index (χ3n) is 2.90. The Kier molecular flexibility index (Phi) is 2.42. The molecule has 0 aromatic heterocycles. The summed E-state index contributed by atoms with van der Waals surface area (Å²) in [5.74, 6) is 2.82. The maximum Gasteiger partial charge on any atom is 0.00430 e. The van der Waals surface area contributed by atoms with E-state index in [4.69, 9.17) is 0 Å². The highest BCUT2D eigenvalue weighted by Gasteiger charge is 2.36. The molecule has 0 aliphatic carbocycles. The number of hydrogen-bond acceptors (Lipinski definition) is 2. The second-order valence-corrected chi connectivity index (χ2v) is 5.07. The van der Waals surface area contributed by atoms with Crippen LogP contribution in [0.5, 0.6) is 0 Å². The van der Waals surface area contributed by atoms with E-state index in [-0.39, 0.29) is 0 Å². The van der Waals surface area contributed by atoms with Gasteiger partial charge in [0.05, 0.1) is 0 Å². The topological polar surface area (TPSA) is 12.0 Å². The van der Waals surface area contributed by atoms with Gasteiger partial charge in [-0.05, 0) is 18.6 Å². The van der Waals surface area contributed by atoms with Crippen LogP contribution in [0.2, 0.25) is 0 Å². The molecule has 0 amide bonds. The highest BCUT2D eigenvalue weighted by molar-refractivity contribution is 7.99. The molecular formula is C9H17NS. The summed E-state index contributed by atoms with van der Waals surface area (Å²) in [5.41, 5.74) is 0.727. The molecule has 0 aromatic carbocycles. The van der Waals surface area contributed by atoms with Crippen molar-refractivity contribution in [1.29, 1.82) is 0 Å². The van der Waals surface area contributed by atoms with Crippen molar-refractivity contribution in [2.75, 3.05) is 24.6 Å². The first kappa shape index (κ1) is 7.93. The number of thioether (sulfide) groups is 1. The van der Waals surface area contributed by atoms with E-state index in [0.29, 0.717) is 0 Å². The Morgan fingerprint density at radius 3 is 2.73 bits per heavy atom. The smallest absolute Gasteiger partial charge is 0.00430 e. The van der Waals surface area contributed by atoms with Crippen molar-refractivity contribution in [3.63, 3.8) is 0 Å². The van der Waals surface area contributed by atoms with Gasteiger partial charge >= 0.3 is 0 Å². The lowest BCUT2D eigenvalue weighted by atomic mass is 9.79. The van der Waals surface area contributed by atoms with E-state index in [2.05, 4.69) is 17.1 Å². The van der Waals surface area contributed by atoms with E-state index in [0.717, 1.165) is 5.41 Å². The highest BCUT2D eigenvalue weighted by atomic mass is 32.2. The van der Waals surface area contributed by atoms with Crippen molar-refractivity contribution >= 4 is 11.8 Å². The molecular weight excluding hydrogens is 154 g/mol. The first-order chi connectivity index (χ1) is 5.41. The van der Waals surface area contributed by atoms with Crippen LogP contribution in [-0.4, -0.2) is 24.6 Å². The van der Waals surface area contributed by atoms with E-state index in [1.165, 1.54) is 50.3 Å². The van der Waals surface area contributed by atoms with Gasteiger partial charge in [-0.3, -0.25) is 0 Å². The Morgan fingerprint density at radius 1 is 1.09 bits per heavy atom. The predicted molar refractivity (Wildman–Crippen MR) is 51.1 cm³/mol. The third-order valence-corrected chi connectivity index (χ3v) is 4.30. The zero-order valence-corrected chi connectivity index (χ0v) is 7.88. The molecule has 0 atom stereocenters. The molecule has 2 heterocycles. The summed E-state index contributed by atoms with van der Waals surface area (Å²) < 4.78 is 0. The van der Waals surface area contributed by atoms with Crippen molar-refractivity contribution in [2.45, 2.75) is 25.7 Å². The predicted octanol–water partition coefficient (Wildman–Crippen LogP) is 1.88. The molecule has 1 spiro atoms. The van der Waals surface area contributed by atoms with Gasteiger partial charge in [-0.25, -0.2) is 0 Å². The molecule has 0 radical (unpaired) electrons. The molecule has 2 heteroatoms. The normalized spacial score (nSPS) is 30.5. The average Bonchev–Trinajstić information content (AvgIpc) is 1.82. The first-order valence-electron chi connectivity index (χ1n) is 4.70. The highest BCUT2D eigenvalue weighted by Crippen LogP contribution is 2.35. The van der Waals surface area contributed by atoms with Gasteiger partial charge in [-0.2, -0.15) is 11.8 Å². The van der Waals surface area contributed by atoms with Crippen molar-refractivity contribution in [2.24, 2.45) is 5.41 Å². The van der Waals surface area contributed by atoms with Crippen molar-refractivity contribution in [1.82, 2.24) is 5.32 Å². The SMILES string of the molecule is C1CCSCC2(CC1)CNC2. The van der Waals surface area contributed by atoms with Crippen LogP contribution in [0.4, 0.5) is 0 Å². The van der Waals surface area contributed by atoms with Crippen LogP contribution in [0, 0.1) is 5.41 Å². The van der Waals surface area contributed by atoms with Crippen LogP contribution in [0.1, 0.15) is 25.7 Å². The fourth-order valence-electron chi connectivity index (χ4n) is 2.00. The van der Waals surface area contributed by atoms with Gasteiger partial charge in [0.1, 0.15) is 0 Å². The lowest BCUT2D eigenvalue weighted by Crippen LogP contribution is -2.55. The van der Waals surface area contributed by atoms with E-state index >= 15 is 0 Å².